The van der Waals surface area contributed by atoms with E-state index in [2.05, 4.69) is 0 Å². The molecule has 82 valence electrons. The van der Waals surface area contributed by atoms with Gasteiger partial charge in [0, 0.05) is 32.0 Å². The van der Waals surface area contributed by atoms with E-state index in [1.54, 1.807) is 11.0 Å². The van der Waals surface area contributed by atoms with Gasteiger partial charge in [0.1, 0.15) is 5.76 Å². The first-order valence-electron chi connectivity index (χ1n) is 5.23. The number of aliphatic hydroxyl groups is 1. The first-order valence-corrected chi connectivity index (χ1v) is 5.23. The van der Waals surface area contributed by atoms with E-state index in [0.717, 1.165) is 12.2 Å². The molecule has 4 nitrogen and oxygen atoms in total. The molecule has 0 saturated carbocycles. The fourth-order valence-corrected chi connectivity index (χ4v) is 1.69. The van der Waals surface area contributed by atoms with Gasteiger partial charge in [0.15, 0.2) is 5.76 Å². The summed E-state index contributed by atoms with van der Waals surface area (Å²) in [5, 5.41) is 8.84. The fraction of sp³-hybridized carbons (Fsp3) is 0.545. The summed E-state index contributed by atoms with van der Waals surface area (Å²) < 4.78 is 5.37. The van der Waals surface area contributed by atoms with E-state index < -0.39 is 0 Å². The minimum Gasteiger partial charge on any atom is -0.456 e. The molecule has 1 amide bonds. The number of furan rings is 1. The Balaban J connectivity index is 1.97. The summed E-state index contributed by atoms with van der Waals surface area (Å²) in [5.74, 6) is 1.41. The van der Waals surface area contributed by atoms with Gasteiger partial charge in [-0.3, -0.25) is 4.79 Å². The molecule has 0 unspecified atom stereocenters. The summed E-state index contributed by atoms with van der Waals surface area (Å²) >= 11 is 0. The van der Waals surface area contributed by atoms with Crippen LogP contribution in [0.5, 0.6) is 0 Å². The number of amides is 1. The quantitative estimate of drug-likeness (QED) is 0.805. The van der Waals surface area contributed by atoms with Gasteiger partial charge in [0.25, 0.3) is 5.91 Å². The second-order valence-electron chi connectivity index (χ2n) is 3.88. The second-order valence-corrected chi connectivity index (χ2v) is 3.88. The van der Waals surface area contributed by atoms with Gasteiger partial charge >= 0.3 is 0 Å². The maximum atomic E-state index is 11.8. The Bertz CT molecular complexity index is 352. The highest BCUT2D eigenvalue weighted by molar-refractivity contribution is 5.92. The number of carbonyl (C=O) groups is 1. The monoisotopic (exact) mass is 209 g/mol. The van der Waals surface area contributed by atoms with Crippen molar-refractivity contribution in [2.24, 2.45) is 5.92 Å². The van der Waals surface area contributed by atoms with Crippen molar-refractivity contribution in [2.45, 2.75) is 13.3 Å². The van der Waals surface area contributed by atoms with Gasteiger partial charge in [-0.1, -0.05) is 6.92 Å². The number of carbonyl (C=O) groups excluding carboxylic acids is 1. The number of rotatable bonds is 3. The van der Waals surface area contributed by atoms with Crippen molar-refractivity contribution in [3.05, 3.63) is 23.7 Å². The standard InChI is InChI=1S/C11H15NO3/c1-2-9-3-4-10(15-9)11(14)12-5-8(6-12)7-13/h3-4,8,13H,2,5-7H2,1H3. The van der Waals surface area contributed by atoms with Crippen molar-refractivity contribution in [1.82, 2.24) is 4.90 Å². The first-order chi connectivity index (χ1) is 7.24. The maximum absolute atomic E-state index is 11.8. The van der Waals surface area contributed by atoms with Crippen molar-refractivity contribution >= 4 is 5.91 Å². The molecule has 2 heterocycles. The van der Waals surface area contributed by atoms with Crippen LogP contribution in [-0.2, 0) is 6.42 Å². The third-order valence-corrected chi connectivity index (χ3v) is 2.72. The average molecular weight is 209 g/mol. The van der Waals surface area contributed by atoms with Crippen LogP contribution in [0.2, 0.25) is 0 Å². The Morgan fingerprint density at radius 3 is 2.87 bits per heavy atom. The zero-order chi connectivity index (χ0) is 10.8. The van der Waals surface area contributed by atoms with Crippen LogP contribution in [0.1, 0.15) is 23.2 Å². The van der Waals surface area contributed by atoms with E-state index in [4.69, 9.17) is 9.52 Å². The molecule has 0 atom stereocenters. The van der Waals surface area contributed by atoms with Crippen LogP contribution in [0.3, 0.4) is 0 Å². The predicted octanol–water partition coefficient (Wildman–Crippen LogP) is 0.906. The van der Waals surface area contributed by atoms with Crippen molar-refractivity contribution in [3.8, 4) is 0 Å². The molecule has 1 N–H and O–H groups in total. The summed E-state index contributed by atoms with van der Waals surface area (Å²) in [6.45, 7) is 3.41. The Hall–Kier alpha value is -1.29. The van der Waals surface area contributed by atoms with Crippen molar-refractivity contribution in [2.75, 3.05) is 19.7 Å². The molecule has 1 aromatic rings. The summed E-state index contributed by atoms with van der Waals surface area (Å²) in [6.07, 6.45) is 0.798. The molecule has 0 bridgehead atoms. The van der Waals surface area contributed by atoms with E-state index in [0.29, 0.717) is 18.8 Å². The smallest absolute Gasteiger partial charge is 0.289 e. The molecule has 0 aliphatic carbocycles. The molecule has 1 saturated heterocycles. The molecule has 1 aliphatic rings. The highest BCUT2D eigenvalue weighted by Gasteiger charge is 2.31. The third-order valence-electron chi connectivity index (χ3n) is 2.72. The Morgan fingerprint density at radius 2 is 2.33 bits per heavy atom. The van der Waals surface area contributed by atoms with Crippen LogP contribution in [0, 0.1) is 5.92 Å². The van der Waals surface area contributed by atoms with Crippen LogP contribution in [0.4, 0.5) is 0 Å². The third kappa shape index (κ3) is 1.90. The number of aliphatic hydroxyl groups excluding tert-OH is 1. The normalized spacial score (nSPS) is 16.5. The van der Waals surface area contributed by atoms with Crippen LogP contribution >= 0.6 is 0 Å². The van der Waals surface area contributed by atoms with E-state index in [-0.39, 0.29) is 18.4 Å². The first kappa shape index (κ1) is 10.2. The Kier molecular flexibility index (Phi) is 2.77. The topological polar surface area (TPSA) is 53.7 Å². The Labute approximate surface area is 88.5 Å². The summed E-state index contributed by atoms with van der Waals surface area (Å²) in [7, 11) is 0. The van der Waals surface area contributed by atoms with Crippen molar-refractivity contribution in [3.63, 3.8) is 0 Å². The van der Waals surface area contributed by atoms with Crippen LogP contribution in [0.25, 0.3) is 0 Å². The zero-order valence-electron chi connectivity index (χ0n) is 8.77. The summed E-state index contributed by atoms with van der Waals surface area (Å²) in [6, 6.07) is 3.55. The van der Waals surface area contributed by atoms with Gasteiger partial charge in [-0.05, 0) is 12.1 Å². The number of nitrogens with zero attached hydrogens (tertiary/aromatic N) is 1. The van der Waals surface area contributed by atoms with Crippen LogP contribution in [0.15, 0.2) is 16.5 Å². The van der Waals surface area contributed by atoms with E-state index in [9.17, 15) is 4.79 Å². The minimum absolute atomic E-state index is 0.0700. The fourth-order valence-electron chi connectivity index (χ4n) is 1.69. The van der Waals surface area contributed by atoms with Gasteiger partial charge in [-0.25, -0.2) is 0 Å². The number of aryl methyl sites for hydroxylation is 1. The average Bonchev–Trinajstić information content (AvgIpc) is 2.64. The number of hydrogen-bond donors (Lipinski definition) is 1. The molecule has 2 rings (SSSR count). The molecule has 0 radical (unpaired) electrons. The lowest BCUT2D eigenvalue weighted by Crippen LogP contribution is -2.51. The molecule has 15 heavy (non-hydrogen) atoms. The SMILES string of the molecule is CCc1ccc(C(=O)N2CC(CO)C2)o1. The molecule has 0 spiro atoms. The molecular formula is C11H15NO3. The highest BCUT2D eigenvalue weighted by atomic mass is 16.4. The predicted molar refractivity (Wildman–Crippen MR) is 54.6 cm³/mol. The van der Waals surface area contributed by atoms with Crippen molar-refractivity contribution in [1.29, 1.82) is 0 Å². The highest BCUT2D eigenvalue weighted by Crippen LogP contribution is 2.19. The van der Waals surface area contributed by atoms with E-state index in [1.807, 2.05) is 13.0 Å². The van der Waals surface area contributed by atoms with Crippen molar-refractivity contribution < 1.29 is 14.3 Å². The van der Waals surface area contributed by atoms with Gasteiger partial charge in [-0.15, -0.1) is 0 Å². The van der Waals surface area contributed by atoms with Gasteiger partial charge in [0.05, 0.1) is 0 Å². The van der Waals surface area contributed by atoms with Crippen LogP contribution in [-0.4, -0.2) is 35.6 Å². The lowest BCUT2D eigenvalue weighted by molar-refractivity contribution is 0.0333. The minimum atomic E-state index is -0.0700. The number of hydrogen-bond acceptors (Lipinski definition) is 3. The lowest BCUT2D eigenvalue weighted by atomic mass is 10.0. The van der Waals surface area contributed by atoms with Gasteiger partial charge in [0.2, 0.25) is 0 Å². The summed E-state index contributed by atoms with van der Waals surface area (Å²) in [4.78, 5) is 13.5. The molecule has 1 aliphatic heterocycles. The van der Waals surface area contributed by atoms with Gasteiger partial charge < -0.3 is 14.4 Å². The Morgan fingerprint density at radius 1 is 1.60 bits per heavy atom. The lowest BCUT2D eigenvalue weighted by Gasteiger charge is -2.37. The largest absolute Gasteiger partial charge is 0.456 e. The van der Waals surface area contributed by atoms with E-state index >= 15 is 0 Å². The number of likely N-dealkylation sites (tertiary alicyclic amines) is 1. The molecular weight excluding hydrogens is 194 g/mol. The van der Waals surface area contributed by atoms with Gasteiger partial charge in [-0.2, -0.15) is 0 Å². The maximum Gasteiger partial charge on any atom is 0.289 e. The molecule has 1 aromatic heterocycles. The summed E-state index contributed by atoms with van der Waals surface area (Å²) in [5.41, 5.74) is 0. The molecule has 4 heteroatoms. The molecule has 1 fully saturated rings. The molecule has 0 aromatic carbocycles. The van der Waals surface area contributed by atoms with E-state index in [1.165, 1.54) is 0 Å². The van der Waals surface area contributed by atoms with Crippen LogP contribution < -0.4 is 0 Å². The second kappa shape index (κ2) is 4.06. The zero-order valence-corrected chi connectivity index (χ0v) is 8.77.